The summed E-state index contributed by atoms with van der Waals surface area (Å²) in [5.74, 6) is 1.31. The smallest absolute Gasteiger partial charge is 0.308 e. The van der Waals surface area contributed by atoms with Crippen molar-refractivity contribution in [1.82, 2.24) is 15.5 Å². The van der Waals surface area contributed by atoms with Gasteiger partial charge in [0.2, 0.25) is 5.89 Å². The average Bonchev–Trinajstić information content (AvgIpc) is 3.17. The van der Waals surface area contributed by atoms with Gasteiger partial charge < -0.3 is 19.2 Å². The van der Waals surface area contributed by atoms with E-state index in [1.54, 1.807) is 14.2 Å². The molecule has 0 aliphatic heterocycles. The Morgan fingerprint density at radius 1 is 1.00 bits per heavy atom. The van der Waals surface area contributed by atoms with Crippen molar-refractivity contribution in [3.8, 4) is 11.5 Å². The van der Waals surface area contributed by atoms with E-state index in [-0.39, 0.29) is 11.8 Å². The lowest BCUT2D eigenvalue weighted by Crippen LogP contribution is -2.26. The van der Waals surface area contributed by atoms with Crippen molar-refractivity contribution >= 4 is 5.91 Å². The standard InChI is InChI=1S/C20H21N3O4/c1-25-16-9-8-15(12-17(16)26-2)10-11-21-19(24)20-23-22-18(27-20)13-14-6-4-3-5-7-14/h3-9,12H,10-11,13H2,1-2H3,(H,21,24). The molecule has 0 aliphatic rings. The number of rotatable bonds is 8. The van der Waals surface area contributed by atoms with Crippen molar-refractivity contribution in [2.75, 3.05) is 20.8 Å². The number of carbonyl (C=O) groups excluding carboxylic acids is 1. The van der Waals surface area contributed by atoms with E-state index in [1.807, 2.05) is 48.5 Å². The maximum atomic E-state index is 12.2. The number of nitrogens with zero attached hydrogens (tertiary/aromatic N) is 2. The summed E-state index contributed by atoms with van der Waals surface area (Å²) in [6.07, 6.45) is 1.13. The van der Waals surface area contributed by atoms with Gasteiger partial charge in [0.1, 0.15) is 0 Å². The first-order valence-corrected chi connectivity index (χ1v) is 8.55. The summed E-state index contributed by atoms with van der Waals surface area (Å²) < 4.78 is 15.9. The van der Waals surface area contributed by atoms with Crippen molar-refractivity contribution in [2.45, 2.75) is 12.8 Å². The second-order valence-electron chi connectivity index (χ2n) is 5.86. The molecule has 1 N–H and O–H groups in total. The molecule has 0 radical (unpaired) electrons. The van der Waals surface area contributed by atoms with Gasteiger partial charge in [-0.05, 0) is 29.7 Å². The molecule has 2 aromatic carbocycles. The highest BCUT2D eigenvalue weighted by atomic mass is 16.5. The maximum absolute atomic E-state index is 12.2. The summed E-state index contributed by atoms with van der Waals surface area (Å²) in [7, 11) is 3.18. The number of hydrogen-bond acceptors (Lipinski definition) is 6. The van der Waals surface area contributed by atoms with Crippen molar-refractivity contribution < 1.29 is 18.7 Å². The molecule has 7 heteroatoms. The molecule has 1 amide bonds. The zero-order valence-electron chi connectivity index (χ0n) is 15.3. The monoisotopic (exact) mass is 367 g/mol. The van der Waals surface area contributed by atoms with Crippen molar-refractivity contribution in [3.05, 3.63) is 71.4 Å². The van der Waals surface area contributed by atoms with Gasteiger partial charge in [-0.3, -0.25) is 4.79 Å². The van der Waals surface area contributed by atoms with Crippen LogP contribution in [0.5, 0.6) is 11.5 Å². The average molecular weight is 367 g/mol. The van der Waals surface area contributed by atoms with Crippen molar-refractivity contribution in [1.29, 1.82) is 0 Å². The van der Waals surface area contributed by atoms with Gasteiger partial charge in [0.15, 0.2) is 11.5 Å². The molecule has 0 unspecified atom stereocenters. The molecule has 0 fully saturated rings. The van der Waals surface area contributed by atoms with Crippen LogP contribution in [0.2, 0.25) is 0 Å². The zero-order valence-corrected chi connectivity index (χ0v) is 15.3. The SMILES string of the molecule is COc1ccc(CCNC(=O)c2nnc(Cc3ccccc3)o2)cc1OC. The molecular weight excluding hydrogens is 346 g/mol. The summed E-state index contributed by atoms with van der Waals surface area (Å²) in [6.45, 7) is 0.435. The van der Waals surface area contributed by atoms with Crippen LogP contribution in [0.1, 0.15) is 27.7 Å². The number of ether oxygens (including phenoxy) is 2. The Labute approximate surface area is 157 Å². The highest BCUT2D eigenvalue weighted by Gasteiger charge is 2.14. The van der Waals surface area contributed by atoms with E-state index in [9.17, 15) is 4.79 Å². The lowest BCUT2D eigenvalue weighted by atomic mass is 10.1. The molecule has 0 aliphatic carbocycles. The minimum Gasteiger partial charge on any atom is -0.493 e. The molecule has 0 atom stereocenters. The van der Waals surface area contributed by atoms with Gasteiger partial charge in [-0.15, -0.1) is 10.2 Å². The third kappa shape index (κ3) is 4.84. The quantitative estimate of drug-likeness (QED) is 0.659. The Morgan fingerprint density at radius 2 is 1.78 bits per heavy atom. The molecule has 140 valence electrons. The van der Waals surface area contributed by atoms with Crippen LogP contribution in [0.3, 0.4) is 0 Å². The Hall–Kier alpha value is -3.35. The third-order valence-electron chi connectivity index (χ3n) is 4.01. The van der Waals surface area contributed by atoms with Crippen LogP contribution in [0, 0.1) is 0 Å². The van der Waals surface area contributed by atoms with E-state index in [0.717, 1.165) is 11.1 Å². The normalized spacial score (nSPS) is 10.4. The highest BCUT2D eigenvalue weighted by Crippen LogP contribution is 2.27. The van der Waals surface area contributed by atoms with E-state index in [4.69, 9.17) is 13.9 Å². The predicted octanol–water partition coefficient (Wildman–Crippen LogP) is 2.65. The maximum Gasteiger partial charge on any atom is 0.308 e. The number of aromatic nitrogens is 2. The molecule has 7 nitrogen and oxygen atoms in total. The Balaban J connectivity index is 1.52. The molecule has 1 heterocycles. The van der Waals surface area contributed by atoms with E-state index in [2.05, 4.69) is 15.5 Å². The fourth-order valence-corrected chi connectivity index (χ4v) is 2.62. The molecule has 3 rings (SSSR count). The lowest BCUT2D eigenvalue weighted by molar-refractivity contribution is 0.0918. The minimum atomic E-state index is -0.387. The Morgan fingerprint density at radius 3 is 2.52 bits per heavy atom. The molecule has 1 aromatic heterocycles. The van der Waals surface area contributed by atoms with E-state index in [0.29, 0.717) is 36.8 Å². The third-order valence-corrected chi connectivity index (χ3v) is 4.01. The van der Waals surface area contributed by atoms with Gasteiger partial charge in [0, 0.05) is 6.54 Å². The first-order valence-electron chi connectivity index (χ1n) is 8.55. The van der Waals surface area contributed by atoms with E-state index < -0.39 is 0 Å². The van der Waals surface area contributed by atoms with Crippen LogP contribution < -0.4 is 14.8 Å². The van der Waals surface area contributed by atoms with Crippen LogP contribution >= 0.6 is 0 Å². The number of benzene rings is 2. The molecule has 27 heavy (non-hydrogen) atoms. The van der Waals surface area contributed by atoms with Gasteiger partial charge in [-0.25, -0.2) is 0 Å². The molecule has 3 aromatic rings. The molecular formula is C20H21N3O4. The second kappa shape index (κ2) is 8.84. The molecule has 0 bridgehead atoms. The summed E-state index contributed by atoms with van der Waals surface area (Å²) in [5, 5.41) is 10.5. The number of carbonyl (C=O) groups is 1. The predicted molar refractivity (Wildman–Crippen MR) is 99.1 cm³/mol. The molecule has 0 saturated heterocycles. The van der Waals surface area contributed by atoms with Gasteiger partial charge in [0.25, 0.3) is 0 Å². The summed E-state index contributed by atoms with van der Waals surface area (Å²) in [4.78, 5) is 12.2. The van der Waals surface area contributed by atoms with Gasteiger partial charge in [-0.1, -0.05) is 36.4 Å². The van der Waals surface area contributed by atoms with E-state index >= 15 is 0 Å². The summed E-state index contributed by atoms with van der Waals surface area (Å²) in [6, 6.07) is 15.4. The fraction of sp³-hybridized carbons (Fsp3) is 0.250. The van der Waals surface area contributed by atoms with Crippen LogP contribution in [0.15, 0.2) is 52.9 Å². The summed E-state index contributed by atoms with van der Waals surface area (Å²) in [5.41, 5.74) is 2.06. The van der Waals surface area contributed by atoms with Crippen LogP contribution in [0.25, 0.3) is 0 Å². The van der Waals surface area contributed by atoms with Gasteiger partial charge in [0.05, 0.1) is 20.6 Å². The zero-order chi connectivity index (χ0) is 19.1. The number of nitrogens with one attached hydrogen (secondary N) is 1. The number of hydrogen-bond donors (Lipinski definition) is 1. The van der Waals surface area contributed by atoms with Crippen LogP contribution in [-0.4, -0.2) is 36.9 Å². The molecule has 0 saturated carbocycles. The number of amides is 1. The first kappa shape index (κ1) is 18.4. The second-order valence-corrected chi connectivity index (χ2v) is 5.86. The Kier molecular flexibility index (Phi) is 6.04. The van der Waals surface area contributed by atoms with Gasteiger partial charge in [-0.2, -0.15) is 0 Å². The minimum absolute atomic E-state index is 0.0340. The largest absolute Gasteiger partial charge is 0.493 e. The van der Waals surface area contributed by atoms with Crippen LogP contribution in [-0.2, 0) is 12.8 Å². The Bertz CT molecular complexity index is 893. The first-order chi connectivity index (χ1) is 13.2. The molecule has 0 spiro atoms. The number of methoxy groups -OCH3 is 2. The topological polar surface area (TPSA) is 86.5 Å². The van der Waals surface area contributed by atoms with Crippen molar-refractivity contribution in [2.24, 2.45) is 0 Å². The van der Waals surface area contributed by atoms with Crippen LogP contribution in [0.4, 0.5) is 0 Å². The lowest BCUT2D eigenvalue weighted by Gasteiger charge is -2.09. The van der Waals surface area contributed by atoms with Gasteiger partial charge >= 0.3 is 11.8 Å². The summed E-state index contributed by atoms with van der Waals surface area (Å²) >= 11 is 0. The fourth-order valence-electron chi connectivity index (χ4n) is 2.62. The highest BCUT2D eigenvalue weighted by molar-refractivity contribution is 5.89. The van der Waals surface area contributed by atoms with E-state index in [1.165, 1.54) is 0 Å². The van der Waals surface area contributed by atoms with Crippen molar-refractivity contribution in [3.63, 3.8) is 0 Å².